The predicted molar refractivity (Wildman–Crippen MR) is 103 cm³/mol. The highest BCUT2D eigenvalue weighted by Crippen LogP contribution is 2.23. The fourth-order valence-electron chi connectivity index (χ4n) is 2.49. The molecule has 2 rings (SSSR count). The second-order valence-corrected chi connectivity index (χ2v) is 6.00. The van der Waals surface area contributed by atoms with Crippen molar-refractivity contribution in [3.05, 3.63) is 53.6 Å². The molecule has 0 aromatic heterocycles. The fourth-order valence-corrected chi connectivity index (χ4v) is 2.49. The highest BCUT2D eigenvalue weighted by atomic mass is 16.5. The maximum absolute atomic E-state index is 12.2. The third-order valence-electron chi connectivity index (χ3n) is 4.01. The van der Waals surface area contributed by atoms with Crippen LogP contribution in [-0.2, 0) is 20.7 Å². The first-order chi connectivity index (χ1) is 13.5. The molecule has 146 valence electrons. The van der Waals surface area contributed by atoms with Crippen molar-refractivity contribution in [3.8, 4) is 17.6 Å². The molecule has 0 saturated carbocycles. The van der Waals surface area contributed by atoms with Crippen molar-refractivity contribution in [2.45, 2.75) is 25.9 Å². The Bertz CT molecular complexity index is 866. The van der Waals surface area contributed by atoms with Gasteiger partial charge in [-0.2, -0.15) is 5.26 Å². The number of nitrogens with zero attached hydrogens (tertiary/aromatic N) is 1. The van der Waals surface area contributed by atoms with Gasteiger partial charge in [-0.05, 0) is 43.2 Å². The molecule has 2 aromatic carbocycles. The summed E-state index contributed by atoms with van der Waals surface area (Å²) in [5.41, 5.74) is 1.57. The van der Waals surface area contributed by atoms with E-state index in [0.717, 1.165) is 5.56 Å². The molecule has 0 aliphatic rings. The summed E-state index contributed by atoms with van der Waals surface area (Å²) in [6.07, 6.45) is -0.472. The van der Waals surface area contributed by atoms with Crippen molar-refractivity contribution < 1.29 is 23.8 Å². The molecule has 2 aromatic rings. The van der Waals surface area contributed by atoms with E-state index in [4.69, 9.17) is 19.5 Å². The minimum atomic E-state index is -0.987. The first kappa shape index (κ1) is 20.8. The van der Waals surface area contributed by atoms with E-state index in [1.54, 1.807) is 44.6 Å². The number of anilines is 1. The summed E-state index contributed by atoms with van der Waals surface area (Å²) < 4.78 is 15.6. The number of rotatable bonds is 8. The largest absolute Gasteiger partial charge is 0.497 e. The smallest absolute Gasteiger partial charge is 0.306 e. The lowest BCUT2D eigenvalue weighted by Gasteiger charge is -2.14. The van der Waals surface area contributed by atoms with Crippen LogP contribution in [0.5, 0.6) is 11.5 Å². The zero-order valence-corrected chi connectivity index (χ0v) is 16.0. The van der Waals surface area contributed by atoms with Crippen molar-refractivity contribution in [3.63, 3.8) is 0 Å². The first-order valence-corrected chi connectivity index (χ1v) is 8.68. The van der Waals surface area contributed by atoms with Crippen LogP contribution in [0.15, 0.2) is 42.5 Å². The molecule has 0 aliphatic heterocycles. The molecule has 0 aliphatic carbocycles. The number of amides is 1. The average molecular weight is 382 g/mol. The predicted octanol–water partition coefficient (Wildman–Crippen LogP) is 3.08. The third kappa shape index (κ3) is 5.74. The van der Waals surface area contributed by atoms with E-state index >= 15 is 0 Å². The number of benzene rings is 2. The summed E-state index contributed by atoms with van der Waals surface area (Å²) in [5.74, 6) is 0.260. The Morgan fingerprint density at radius 3 is 2.36 bits per heavy atom. The summed E-state index contributed by atoms with van der Waals surface area (Å²) in [6, 6.07) is 14.0. The number of nitrogens with one attached hydrogen (secondary N) is 1. The van der Waals surface area contributed by atoms with Gasteiger partial charge in [0.1, 0.15) is 17.6 Å². The zero-order chi connectivity index (χ0) is 20.5. The van der Waals surface area contributed by atoms with Gasteiger partial charge in [-0.1, -0.05) is 12.1 Å². The lowest BCUT2D eigenvalue weighted by atomic mass is 10.1. The maximum Gasteiger partial charge on any atom is 0.306 e. The molecule has 0 unspecified atom stereocenters. The van der Waals surface area contributed by atoms with Crippen LogP contribution < -0.4 is 14.8 Å². The number of nitriles is 1. The van der Waals surface area contributed by atoms with Crippen molar-refractivity contribution in [1.29, 1.82) is 5.26 Å². The molecule has 7 heteroatoms. The van der Waals surface area contributed by atoms with Crippen LogP contribution in [0.2, 0.25) is 0 Å². The Morgan fingerprint density at radius 1 is 1.11 bits per heavy atom. The fraction of sp³-hybridized carbons (Fsp3) is 0.286. The highest BCUT2D eigenvalue weighted by molar-refractivity contribution is 5.96. The second kappa shape index (κ2) is 9.97. The van der Waals surface area contributed by atoms with E-state index in [0.29, 0.717) is 29.2 Å². The van der Waals surface area contributed by atoms with Gasteiger partial charge in [0.05, 0.1) is 25.5 Å². The SMILES string of the molecule is COc1cc(CCC(=O)O[C@H](C)C(=O)Nc2ccccc2C#N)cc(OC)c1. The molecule has 1 atom stereocenters. The molecular formula is C21H22N2O5. The molecule has 0 spiro atoms. The number of aryl methyl sites for hydroxylation is 1. The van der Waals surface area contributed by atoms with E-state index < -0.39 is 18.0 Å². The first-order valence-electron chi connectivity index (χ1n) is 8.68. The van der Waals surface area contributed by atoms with Crippen LogP contribution in [0, 0.1) is 11.3 Å². The quantitative estimate of drug-likeness (QED) is 0.705. The molecule has 0 radical (unpaired) electrons. The van der Waals surface area contributed by atoms with Crippen molar-refractivity contribution >= 4 is 17.6 Å². The molecule has 0 bridgehead atoms. The van der Waals surface area contributed by atoms with Gasteiger partial charge in [0.2, 0.25) is 0 Å². The van der Waals surface area contributed by atoms with E-state index in [1.807, 2.05) is 18.2 Å². The average Bonchev–Trinajstić information content (AvgIpc) is 2.72. The highest BCUT2D eigenvalue weighted by Gasteiger charge is 2.19. The van der Waals surface area contributed by atoms with Crippen LogP contribution in [-0.4, -0.2) is 32.2 Å². The summed E-state index contributed by atoms with van der Waals surface area (Å²) in [7, 11) is 3.11. The van der Waals surface area contributed by atoms with Gasteiger partial charge in [-0.3, -0.25) is 9.59 Å². The monoisotopic (exact) mass is 382 g/mol. The number of methoxy groups -OCH3 is 2. The summed E-state index contributed by atoms with van der Waals surface area (Å²) >= 11 is 0. The van der Waals surface area contributed by atoms with Crippen LogP contribution in [0.25, 0.3) is 0 Å². The number of carbonyl (C=O) groups excluding carboxylic acids is 2. The molecule has 1 N–H and O–H groups in total. The number of hydrogen-bond acceptors (Lipinski definition) is 6. The maximum atomic E-state index is 12.2. The van der Waals surface area contributed by atoms with Crippen molar-refractivity contribution in [1.82, 2.24) is 0 Å². The second-order valence-electron chi connectivity index (χ2n) is 6.00. The van der Waals surface area contributed by atoms with Crippen molar-refractivity contribution in [2.24, 2.45) is 0 Å². The zero-order valence-electron chi connectivity index (χ0n) is 16.0. The Kier molecular flexibility index (Phi) is 7.40. The van der Waals surface area contributed by atoms with E-state index in [9.17, 15) is 9.59 Å². The lowest BCUT2D eigenvalue weighted by molar-refractivity contribution is -0.153. The normalized spacial score (nSPS) is 11.1. The van der Waals surface area contributed by atoms with Gasteiger partial charge < -0.3 is 19.5 Å². The van der Waals surface area contributed by atoms with Crippen LogP contribution in [0.3, 0.4) is 0 Å². The number of carbonyl (C=O) groups is 2. The Morgan fingerprint density at radius 2 is 1.75 bits per heavy atom. The Balaban J connectivity index is 1.90. The van der Waals surface area contributed by atoms with E-state index in [2.05, 4.69) is 5.32 Å². The molecule has 28 heavy (non-hydrogen) atoms. The summed E-state index contributed by atoms with van der Waals surface area (Å²) in [4.78, 5) is 24.3. The van der Waals surface area contributed by atoms with Crippen LogP contribution in [0.4, 0.5) is 5.69 Å². The number of hydrogen-bond donors (Lipinski definition) is 1. The topological polar surface area (TPSA) is 97.6 Å². The molecule has 0 fully saturated rings. The van der Waals surface area contributed by atoms with Crippen LogP contribution in [0.1, 0.15) is 24.5 Å². The van der Waals surface area contributed by atoms with Crippen LogP contribution >= 0.6 is 0 Å². The van der Waals surface area contributed by atoms with Crippen molar-refractivity contribution in [2.75, 3.05) is 19.5 Å². The Labute approximate surface area is 163 Å². The minimum absolute atomic E-state index is 0.0999. The molecule has 0 heterocycles. The lowest BCUT2D eigenvalue weighted by Crippen LogP contribution is -2.30. The summed E-state index contributed by atoms with van der Waals surface area (Å²) in [5, 5.41) is 11.7. The molecule has 0 saturated heterocycles. The third-order valence-corrected chi connectivity index (χ3v) is 4.01. The van der Waals surface area contributed by atoms with Gasteiger partial charge in [0.25, 0.3) is 5.91 Å². The van der Waals surface area contributed by atoms with Gasteiger partial charge in [0, 0.05) is 12.5 Å². The standard InChI is InChI=1S/C21H22N2O5/c1-14(21(25)23-19-7-5-4-6-16(19)13-22)28-20(24)9-8-15-10-17(26-2)12-18(11-15)27-3/h4-7,10-12,14H,8-9H2,1-3H3,(H,23,25)/t14-/m1/s1. The molecule has 1 amide bonds. The number of esters is 1. The van der Waals surface area contributed by atoms with E-state index in [1.165, 1.54) is 6.92 Å². The minimum Gasteiger partial charge on any atom is -0.497 e. The van der Waals surface area contributed by atoms with Gasteiger partial charge in [0.15, 0.2) is 6.10 Å². The number of para-hydroxylation sites is 1. The van der Waals surface area contributed by atoms with Gasteiger partial charge in [-0.25, -0.2) is 0 Å². The Hall–Kier alpha value is -3.53. The van der Waals surface area contributed by atoms with Gasteiger partial charge >= 0.3 is 5.97 Å². The number of ether oxygens (including phenoxy) is 3. The molecular weight excluding hydrogens is 360 g/mol. The van der Waals surface area contributed by atoms with Gasteiger partial charge in [-0.15, -0.1) is 0 Å². The van der Waals surface area contributed by atoms with E-state index in [-0.39, 0.29) is 6.42 Å². The molecule has 7 nitrogen and oxygen atoms in total. The summed E-state index contributed by atoms with van der Waals surface area (Å²) in [6.45, 7) is 1.48.